The fraction of sp³-hybridized carbons (Fsp3) is 0.158. The van der Waals surface area contributed by atoms with Gasteiger partial charge in [-0.25, -0.2) is 0 Å². The highest BCUT2D eigenvalue weighted by Gasteiger charge is 2.11. The minimum Gasteiger partial charge on any atom is -0.754 e. The number of allylic oxidation sites excluding steroid dienone is 1. The summed E-state index contributed by atoms with van der Waals surface area (Å²) >= 11 is 0. The molecule has 1 atom stereocenters. The number of hydrogen-bond acceptors (Lipinski definition) is 6. The highest BCUT2D eigenvalue weighted by atomic mass is 16.5. The lowest BCUT2D eigenvalue weighted by Gasteiger charge is -2.31. The molecular weight excluding hydrogens is 320 g/mol. The summed E-state index contributed by atoms with van der Waals surface area (Å²) in [6, 6.07) is 13.8. The van der Waals surface area contributed by atoms with Gasteiger partial charge < -0.3 is 19.7 Å². The van der Waals surface area contributed by atoms with E-state index >= 15 is 0 Å². The second-order valence-electron chi connectivity index (χ2n) is 5.46. The first kappa shape index (κ1) is 16.7. The van der Waals surface area contributed by atoms with Crippen LogP contribution in [0.3, 0.4) is 0 Å². The Morgan fingerprint density at radius 3 is 2.12 bits per heavy atom. The zero-order valence-corrected chi connectivity index (χ0v) is 13.7. The summed E-state index contributed by atoms with van der Waals surface area (Å²) in [6.07, 6.45) is 5.59. The summed E-state index contributed by atoms with van der Waals surface area (Å²) in [5, 5.41) is 16.1. The number of nitrogens with zero attached hydrogens (tertiary/aromatic N) is 2. The second-order valence-corrected chi connectivity index (χ2v) is 5.46. The van der Waals surface area contributed by atoms with Gasteiger partial charge in [0.25, 0.3) is 0 Å². The molecule has 6 heteroatoms. The fourth-order valence-corrected chi connectivity index (χ4v) is 2.45. The Bertz CT molecular complexity index is 782. The van der Waals surface area contributed by atoms with Crippen LogP contribution in [0.15, 0.2) is 77.6 Å². The number of methoxy groups -OCH3 is 1. The first-order valence-electron chi connectivity index (χ1n) is 7.79. The monoisotopic (exact) mass is 337 g/mol. The van der Waals surface area contributed by atoms with Crippen molar-refractivity contribution in [2.45, 2.75) is 12.5 Å². The summed E-state index contributed by atoms with van der Waals surface area (Å²) in [4.78, 5) is 10.4. The van der Waals surface area contributed by atoms with Crippen LogP contribution in [0, 0.1) is 10.1 Å². The number of anilines is 2. The quantitative estimate of drug-likeness (QED) is 0.565. The molecule has 0 radical (unpaired) electrons. The van der Waals surface area contributed by atoms with Crippen LogP contribution in [0.25, 0.3) is 0 Å². The van der Waals surface area contributed by atoms with Crippen molar-refractivity contribution in [3.05, 3.63) is 82.6 Å². The van der Waals surface area contributed by atoms with E-state index < -0.39 is 0 Å². The van der Waals surface area contributed by atoms with Gasteiger partial charge in [-0.3, -0.25) is 0 Å². The van der Waals surface area contributed by atoms with Crippen molar-refractivity contribution in [2.24, 2.45) is 5.18 Å². The van der Waals surface area contributed by atoms with E-state index in [-0.39, 0.29) is 6.10 Å². The van der Waals surface area contributed by atoms with E-state index in [9.17, 15) is 10.1 Å². The average molecular weight is 337 g/mol. The molecule has 128 valence electrons. The predicted octanol–water partition coefficient (Wildman–Crippen LogP) is 4.69. The standard InChI is InChI=1S/C19H17N2O4/c1-24-17-10-4-15(5-11-17)21(23)16-6-12-19(13-7-16)25-18-8-2-14(20-22)3-9-18/h2-8,10-13,18H,9H2,1H3/q-1. The number of rotatable bonds is 6. The molecule has 3 rings (SSSR count). The maximum Gasteiger partial charge on any atom is 0.121 e. The topological polar surface area (TPSA) is 74.2 Å². The van der Waals surface area contributed by atoms with Gasteiger partial charge in [-0.05, 0) is 65.9 Å². The van der Waals surface area contributed by atoms with E-state index in [4.69, 9.17) is 9.47 Å². The molecule has 0 aliphatic heterocycles. The third-order valence-corrected chi connectivity index (χ3v) is 3.81. The van der Waals surface area contributed by atoms with E-state index in [2.05, 4.69) is 5.18 Å². The van der Waals surface area contributed by atoms with Crippen molar-refractivity contribution < 1.29 is 9.47 Å². The van der Waals surface area contributed by atoms with Crippen molar-refractivity contribution >= 4 is 11.4 Å². The normalized spacial score (nSPS) is 16.1. The molecule has 0 spiro atoms. The summed E-state index contributed by atoms with van der Waals surface area (Å²) in [6.45, 7) is 0. The molecule has 1 aliphatic rings. The molecule has 0 saturated heterocycles. The van der Waals surface area contributed by atoms with Crippen LogP contribution in [0.2, 0.25) is 0 Å². The van der Waals surface area contributed by atoms with Crippen molar-refractivity contribution in [3.8, 4) is 11.5 Å². The molecule has 2 aromatic carbocycles. The number of hydrogen-bond donors (Lipinski definition) is 0. The zero-order chi connectivity index (χ0) is 17.6. The third kappa shape index (κ3) is 4.05. The maximum absolute atomic E-state index is 12.4. The second kappa shape index (κ2) is 7.63. The maximum atomic E-state index is 12.4. The van der Waals surface area contributed by atoms with Gasteiger partial charge in [0.15, 0.2) is 0 Å². The van der Waals surface area contributed by atoms with E-state index in [1.807, 2.05) is 0 Å². The molecule has 0 aromatic heterocycles. The van der Waals surface area contributed by atoms with Gasteiger partial charge in [-0.2, -0.15) is 0 Å². The molecule has 6 nitrogen and oxygen atoms in total. The first-order valence-corrected chi connectivity index (χ1v) is 7.79. The van der Waals surface area contributed by atoms with Crippen molar-refractivity contribution in [1.29, 1.82) is 0 Å². The van der Waals surface area contributed by atoms with E-state index in [1.54, 1.807) is 73.9 Å². The molecule has 1 unspecified atom stereocenters. The minimum atomic E-state index is -0.152. The number of benzene rings is 2. The smallest absolute Gasteiger partial charge is 0.121 e. The Kier molecular flexibility index (Phi) is 5.11. The van der Waals surface area contributed by atoms with Crippen molar-refractivity contribution in [1.82, 2.24) is 0 Å². The Hall–Kier alpha value is -3.12. The predicted molar refractivity (Wildman–Crippen MR) is 97.0 cm³/mol. The summed E-state index contributed by atoms with van der Waals surface area (Å²) in [7, 11) is 1.58. The molecule has 25 heavy (non-hydrogen) atoms. The highest BCUT2D eigenvalue weighted by molar-refractivity contribution is 5.65. The Morgan fingerprint density at radius 1 is 1.04 bits per heavy atom. The van der Waals surface area contributed by atoms with Gasteiger partial charge in [0.2, 0.25) is 0 Å². The zero-order valence-electron chi connectivity index (χ0n) is 13.7. The van der Waals surface area contributed by atoms with Gasteiger partial charge in [-0.1, -0.05) is 6.08 Å². The Morgan fingerprint density at radius 2 is 1.64 bits per heavy atom. The third-order valence-electron chi connectivity index (χ3n) is 3.81. The molecule has 0 saturated carbocycles. The van der Waals surface area contributed by atoms with Gasteiger partial charge in [0.1, 0.15) is 23.3 Å². The highest BCUT2D eigenvalue weighted by Crippen LogP contribution is 2.28. The largest absolute Gasteiger partial charge is 0.754 e. The van der Waals surface area contributed by atoms with Crippen LogP contribution in [-0.4, -0.2) is 13.2 Å². The molecule has 0 heterocycles. The van der Waals surface area contributed by atoms with Crippen LogP contribution in [0.5, 0.6) is 11.5 Å². The van der Waals surface area contributed by atoms with Gasteiger partial charge in [0, 0.05) is 17.8 Å². The number of ether oxygens (including phenoxy) is 2. The van der Waals surface area contributed by atoms with Crippen molar-refractivity contribution in [2.75, 3.05) is 12.2 Å². The first-order chi connectivity index (χ1) is 12.2. The van der Waals surface area contributed by atoms with Crippen molar-refractivity contribution in [3.63, 3.8) is 0 Å². The Balaban J connectivity index is 1.64. The number of nitroso groups, excluding NO2 is 1. The fourth-order valence-electron chi connectivity index (χ4n) is 2.45. The lowest BCUT2D eigenvalue weighted by molar-refractivity contribution is 0.251. The van der Waals surface area contributed by atoms with Crippen LogP contribution >= 0.6 is 0 Å². The summed E-state index contributed by atoms with van der Waals surface area (Å²) in [5.41, 5.74) is 1.43. The van der Waals surface area contributed by atoms with E-state index in [0.717, 1.165) is 5.06 Å². The van der Waals surface area contributed by atoms with Gasteiger partial charge >= 0.3 is 0 Å². The van der Waals surface area contributed by atoms with Crippen LogP contribution in [-0.2, 0) is 0 Å². The minimum absolute atomic E-state index is 0.152. The van der Waals surface area contributed by atoms with Crippen LogP contribution in [0.1, 0.15) is 6.42 Å². The van der Waals surface area contributed by atoms with E-state index in [1.165, 1.54) is 0 Å². The molecule has 1 aliphatic carbocycles. The molecule has 0 amide bonds. The van der Waals surface area contributed by atoms with Crippen LogP contribution in [0.4, 0.5) is 11.4 Å². The lowest BCUT2D eigenvalue weighted by atomic mass is 10.1. The molecular formula is C19H17N2O4-. The lowest BCUT2D eigenvalue weighted by Crippen LogP contribution is -2.14. The molecule has 0 bridgehead atoms. The van der Waals surface area contributed by atoms with Gasteiger partial charge in [-0.15, -0.1) is 4.91 Å². The molecule has 0 N–H and O–H groups in total. The summed E-state index contributed by atoms with van der Waals surface area (Å²) < 4.78 is 10.9. The summed E-state index contributed by atoms with van der Waals surface area (Å²) in [5.74, 6) is 1.35. The SMILES string of the molecule is COc1ccc(N([O-])c2ccc(OC3C=CC(N=O)=CC3)cc2)cc1. The Labute approximate surface area is 145 Å². The van der Waals surface area contributed by atoms with Crippen LogP contribution < -0.4 is 14.5 Å². The average Bonchev–Trinajstić information content (AvgIpc) is 2.69. The van der Waals surface area contributed by atoms with E-state index in [0.29, 0.717) is 35.0 Å². The molecule has 0 fully saturated rings. The van der Waals surface area contributed by atoms with Gasteiger partial charge in [0.05, 0.1) is 7.11 Å². The molecule has 2 aromatic rings.